The molecule has 100 valence electrons. The summed E-state index contributed by atoms with van der Waals surface area (Å²) in [6.07, 6.45) is 3.13. The SMILES string of the molecule is CC1(C)C[C@](C)(N)c2nn(Cc3ccccc3)cc21. The van der Waals surface area contributed by atoms with Gasteiger partial charge in [0.05, 0.1) is 17.8 Å². The first-order chi connectivity index (χ1) is 8.88. The third kappa shape index (κ3) is 2.08. The summed E-state index contributed by atoms with van der Waals surface area (Å²) in [5, 5.41) is 4.73. The monoisotopic (exact) mass is 255 g/mol. The number of nitrogens with zero attached hydrogens (tertiary/aromatic N) is 2. The summed E-state index contributed by atoms with van der Waals surface area (Å²) < 4.78 is 2.02. The Morgan fingerprint density at radius 3 is 2.53 bits per heavy atom. The Morgan fingerprint density at radius 1 is 1.21 bits per heavy atom. The molecule has 2 N–H and O–H groups in total. The number of fused-ring (bicyclic) bond motifs is 1. The normalized spacial score (nSPS) is 24.4. The minimum absolute atomic E-state index is 0.119. The van der Waals surface area contributed by atoms with E-state index in [9.17, 15) is 0 Å². The van der Waals surface area contributed by atoms with Crippen molar-refractivity contribution >= 4 is 0 Å². The Labute approximate surface area is 114 Å². The van der Waals surface area contributed by atoms with Gasteiger partial charge in [-0.05, 0) is 24.3 Å². The fourth-order valence-electron chi connectivity index (χ4n) is 3.29. The predicted octanol–water partition coefficient (Wildman–Crippen LogP) is 2.79. The molecule has 0 unspecified atom stereocenters. The molecule has 0 spiro atoms. The first-order valence-corrected chi connectivity index (χ1v) is 6.80. The van der Waals surface area contributed by atoms with E-state index < -0.39 is 0 Å². The zero-order valence-corrected chi connectivity index (χ0v) is 11.9. The average molecular weight is 255 g/mol. The highest BCUT2D eigenvalue weighted by Gasteiger charge is 2.45. The van der Waals surface area contributed by atoms with Crippen molar-refractivity contribution in [1.29, 1.82) is 0 Å². The molecule has 1 heterocycles. The average Bonchev–Trinajstić information content (AvgIpc) is 2.80. The van der Waals surface area contributed by atoms with Crippen LogP contribution >= 0.6 is 0 Å². The van der Waals surface area contributed by atoms with E-state index in [1.54, 1.807) is 0 Å². The molecule has 0 saturated carbocycles. The van der Waals surface area contributed by atoms with Crippen LogP contribution in [0.25, 0.3) is 0 Å². The molecule has 1 aromatic heterocycles. The van der Waals surface area contributed by atoms with Crippen LogP contribution < -0.4 is 5.73 Å². The molecule has 3 rings (SSSR count). The maximum Gasteiger partial charge on any atom is 0.0858 e. The fourth-order valence-corrected chi connectivity index (χ4v) is 3.29. The largest absolute Gasteiger partial charge is 0.320 e. The zero-order valence-electron chi connectivity index (χ0n) is 11.9. The Balaban J connectivity index is 1.96. The highest BCUT2D eigenvalue weighted by atomic mass is 15.3. The van der Waals surface area contributed by atoms with E-state index in [1.807, 2.05) is 10.7 Å². The second-order valence-electron chi connectivity index (χ2n) is 6.55. The van der Waals surface area contributed by atoms with Crippen LogP contribution in [0.2, 0.25) is 0 Å². The van der Waals surface area contributed by atoms with Gasteiger partial charge in [0.15, 0.2) is 0 Å². The summed E-state index contributed by atoms with van der Waals surface area (Å²) in [4.78, 5) is 0. The van der Waals surface area contributed by atoms with Crippen molar-refractivity contribution in [2.45, 2.75) is 44.7 Å². The van der Waals surface area contributed by atoms with Gasteiger partial charge in [0.2, 0.25) is 0 Å². The van der Waals surface area contributed by atoms with E-state index in [0.717, 1.165) is 18.7 Å². The summed E-state index contributed by atoms with van der Waals surface area (Å²) in [7, 11) is 0. The van der Waals surface area contributed by atoms with E-state index in [-0.39, 0.29) is 11.0 Å². The molecule has 0 fully saturated rings. The molecular formula is C16H21N3. The maximum atomic E-state index is 6.40. The molecule has 1 aromatic carbocycles. The van der Waals surface area contributed by atoms with Gasteiger partial charge in [-0.1, -0.05) is 44.2 Å². The van der Waals surface area contributed by atoms with Gasteiger partial charge in [0.1, 0.15) is 0 Å². The Kier molecular flexibility index (Phi) is 2.58. The molecule has 1 aliphatic rings. The summed E-state index contributed by atoms with van der Waals surface area (Å²) >= 11 is 0. The van der Waals surface area contributed by atoms with Gasteiger partial charge in [-0.25, -0.2) is 0 Å². The summed E-state index contributed by atoms with van der Waals surface area (Å²) in [6.45, 7) is 7.39. The zero-order chi connectivity index (χ0) is 13.7. The van der Waals surface area contributed by atoms with Crippen LogP contribution in [0, 0.1) is 0 Å². The molecule has 3 nitrogen and oxygen atoms in total. The Morgan fingerprint density at radius 2 is 1.89 bits per heavy atom. The van der Waals surface area contributed by atoms with Gasteiger partial charge in [-0.3, -0.25) is 4.68 Å². The van der Waals surface area contributed by atoms with Crippen LogP contribution in [-0.2, 0) is 17.5 Å². The molecule has 3 heteroatoms. The summed E-state index contributed by atoms with van der Waals surface area (Å²) in [5.74, 6) is 0. The van der Waals surface area contributed by atoms with E-state index in [0.29, 0.717) is 0 Å². The topological polar surface area (TPSA) is 43.8 Å². The van der Waals surface area contributed by atoms with Crippen LogP contribution in [0.5, 0.6) is 0 Å². The Bertz CT molecular complexity index is 562. The van der Waals surface area contributed by atoms with Gasteiger partial charge in [-0.2, -0.15) is 5.10 Å². The van der Waals surface area contributed by atoms with Crippen molar-refractivity contribution in [3.05, 3.63) is 53.3 Å². The van der Waals surface area contributed by atoms with Crippen molar-refractivity contribution in [3.8, 4) is 0 Å². The van der Waals surface area contributed by atoms with E-state index >= 15 is 0 Å². The maximum absolute atomic E-state index is 6.40. The van der Waals surface area contributed by atoms with Crippen molar-refractivity contribution < 1.29 is 0 Å². The smallest absolute Gasteiger partial charge is 0.0858 e. The lowest BCUT2D eigenvalue weighted by Crippen LogP contribution is -2.33. The Hall–Kier alpha value is -1.61. The lowest BCUT2D eigenvalue weighted by molar-refractivity contribution is 0.373. The highest BCUT2D eigenvalue weighted by Crippen LogP contribution is 2.45. The quantitative estimate of drug-likeness (QED) is 0.896. The number of hydrogen-bond acceptors (Lipinski definition) is 2. The molecule has 0 saturated heterocycles. The standard InChI is InChI=1S/C16H21N3/c1-15(2)11-16(3,17)14-13(15)10-19(18-14)9-12-7-5-4-6-8-12/h4-8,10H,9,11,17H2,1-3H3/t16-/m0/s1. The summed E-state index contributed by atoms with van der Waals surface area (Å²) in [5.41, 5.74) is 9.84. The first kappa shape index (κ1) is 12.4. The second-order valence-corrected chi connectivity index (χ2v) is 6.55. The number of hydrogen-bond donors (Lipinski definition) is 1. The lowest BCUT2D eigenvalue weighted by atomic mass is 9.85. The van der Waals surface area contributed by atoms with Gasteiger partial charge in [0, 0.05) is 11.8 Å². The second kappa shape index (κ2) is 3.94. The first-order valence-electron chi connectivity index (χ1n) is 6.80. The van der Waals surface area contributed by atoms with Crippen LogP contribution in [0.15, 0.2) is 36.5 Å². The molecule has 1 aliphatic carbocycles. The number of aromatic nitrogens is 2. The fraction of sp³-hybridized carbons (Fsp3) is 0.438. The van der Waals surface area contributed by atoms with Crippen molar-refractivity contribution in [2.24, 2.45) is 5.73 Å². The third-order valence-electron chi connectivity index (χ3n) is 4.03. The molecule has 0 aliphatic heterocycles. The van der Waals surface area contributed by atoms with E-state index in [2.05, 4.69) is 51.2 Å². The molecular weight excluding hydrogens is 234 g/mol. The van der Waals surface area contributed by atoms with E-state index in [1.165, 1.54) is 11.1 Å². The van der Waals surface area contributed by atoms with Crippen LogP contribution in [0.1, 0.15) is 44.0 Å². The predicted molar refractivity (Wildman–Crippen MR) is 77.0 cm³/mol. The van der Waals surface area contributed by atoms with Gasteiger partial charge in [-0.15, -0.1) is 0 Å². The minimum atomic E-state index is -0.305. The van der Waals surface area contributed by atoms with Crippen LogP contribution in [0.3, 0.4) is 0 Å². The van der Waals surface area contributed by atoms with Crippen molar-refractivity contribution in [3.63, 3.8) is 0 Å². The lowest BCUT2D eigenvalue weighted by Gasteiger charge is -2.23. The van der Waals surface area contributed by atoms with Crippen LogP contribution in [-0.4, -0.2) is 9.78 Å². The molecule has 0 amide bonds. The highest BCUT2D eigenvalue weighted by molar-refractivity contribution is 5.38. The van der Waals surface area contributed by atoms with Crippen LogP contribution in [0.4, 0.5) is 0 Å². The van der Waals surface area contributed by atoms with Gasteiger partial charge < -0.3 is 5.73 Å². The number of nitrogens with two attached hydrogens (primary N) is 1. The molecule has 1 atom stereocenters. The van der Waals surface area contributed by atoms with Crippen molar-refractivity contribution in [2.75, 3.05) is 0 Å². The number of rotatable bonds is 2. The molecule has 2 aromatic rings. The third-order valence-corrected chi connectivity index (χ3v) is 4.03. The van der Waals surface area contributed by atoms with Gasteiger partial charge >= 0.3 is 0 Å². The van der Waals surface area contributed by atoms with Crippen molar-refractivity contribution in [1.82, 2.24) is 9.78 Å². The molecule has 19 heavy (non-hydrogen) atoms. The minimum Gasteiger partial charge on any atom is -0.320 e. The number of benzene rings is 1. The molecule has 0 bridgehead atoms. The van der Waals surface area contributed by atoms with Gasteiger partial charge in [0.25, 0.3) is 0 Å². The molecule has 0 radical (unpaired) electrons. The summed E-state index contributed by atoms with van der Waals surface area (Å²) in [6, 6.07) is 10.4. The van der Waals surface area contributed by atoms with E-state index in [4.69, 9.17) is 10.8 Å².